The first-order chi connectivity index (χ1) is 11.8. The molecular weight excluding hydrogens is 304 g/mol. The molecule has 2 aromatic carbocycles. The number of para-hydroxylation sites is 1. The number of esters is 1. The van der Waals surface area contributed by atoms with Crippen LogP contribution in [0.1, 0.15) is 18.0 Å². The molecule has 0 unspecified atom stereocenters. The van der Waals surface area contributed by atoms with Crippen molar-refractivity contribution < 1.29 is 14.3 Å². The summed E-state index contributed by atoms with van der Waals surface area (Å²) in [5.74, 6) is -0.383. The molecule has 0 radical (unpaired) electrons. The van der Waals surface area contributed by atoms with E-state index in [2.05, 4.69) is 17.2 Å². The van der Waals surface area contributed by atoms with Crippen LogP contribution in [0.25, 0.3) is 0 Å². The third-order valence-corrected chi connectivity index (χ3v) is 3.87. The van der Waals surface area contributed by atoms with Crippen LogP contribution in [0.15, 0.2) is 65.8 Å². The van der Waals surface area contributed by atoms with Crippen molar-refractivity contribution >= 4 is 17.4 Å². The van der Waals surface area contributed by atoms with Gasteiger partial charge in [0.15, 0.2) is 0 Å². The Morgan fingerprint density at radius 3 is 2.42 bits per heavy atom. The highest BCUT2D eigenvalue weighted by molar-refractivity contribution is 6.37. The van der Waals surface area contributed by atoms with Crippen LogP contribution in [-0.4, -0.2) is 32.0 Å². The van der Waals surface area contributed by atoms with Crippen molar-refractivity contribution in [3.05, 3.63) is 66.2 Å². The second-order valence-corrected chi connectivity index (χ2v) is 5.49. The van der Waals surface area contributed by atoms with Gasteiger partial charge in [0.2, 0.25) is 0 Å². The molecule has 1 heterocycles. The number of rotatable bonds is 6. The van der Waals surface area contributed by atoms with E-state index in [1.165, 1.54) is 0 Å². The molecule has 3 rings (SSSR count). The minimum absolute atomic E-state index is 0.0152. The Balaban J connectivity index is 1.84. The Bertz CT molecular complexity index is 701. The van der Waals surface area contributed by atoms with Gasteiger partial charge in [-0.05, 0) is 17.7 Å². The fourth-order valence-electron chi connectivity index (χ4n) is 2.69. The van der Waals surface area contributed by atoms with E-state index in [0.29, 0.717) is 18.7 Å². The number of anilines is 1. The van der Waals surface area contributed by atoms with Gasteiger partial charge in [0.05, 0.1) is 18.3 Å². The maximum atomic E-state index is 12.2. The number of carbonyl (C=O) groups excluding carboxylic acids is 1. The van der Waals surface area contributed by atoms with Crippen LogP contribution in [0.4, 0.5) is 5.69 Å². The van der Waals surface area contributed by atoms with E-state index in [1.807, 2.05) is 53.5 Å². The highest BCUT2D eigenvalue weighted by Crippen LogP contribution is 2.35. The van der Waals surface area contributed by atoms with Crippen molar-refractivity contribution in [3.63, 3.8) is 0 Å². The zero-order chi connectivity index (χ0) is 16.8. The van der Waals surface area contributed by atoms with Crippen molar-refractivity contribution in [2.75, 3.05) is 25.3 Å². The van der Waals surface area contributed by atoms with Gasteiger partial charge in [-0.15, -0.1) is 0 Å². The van der Waals surface area contributed by atoms with E-state index in [1.54, 1.807) is 7.11 Å². The van der Waals surface area contributed by atoms with Crippen LogP contribution in [0.5, 0.6) is 0 Å². The molecule has 1 aliphatic rings. The van der Waals surface area contributed by atoms with E-state index < -0.39 is 0 Å². The van der Waals surface area contributed by atoms with Gasteiger partial charge >= 0.3 is 5.97 Å². The zero-order valence-corrected chi connectivity index (χ0v) is 13.6. The molecular formula is C19H20N2O3. The Hall–Kier alpha value is -2.66. The molecule has 24 heavy (non-hydrogen) atoms. The van der Waals surface area contributed by atoms with Crippen LogP contribution < -0.4 is 5.01 Å². The smallest absolute Gasteiger partial charge is 0.354 e. The predicted molar refractivity (Wildman–Crippen MR) is 93.0 cm³/mol. The van der Waals surface area contributed by atoms with Crippen molar-refractivity contribution in [1.29, 1.82) is 0 Å². The maximum Gasteiger partial charge on any atom is 0.354 e. The molecule has 0 amide bonds. The van der Waals surface area contributed by atoms with Gasteiger partial charge in [0.1, 0.15) is 12.3 Å². The predicted octanol–water partition coefficient (Wildman–Crippen LogP) is 3.18. The zero-order valence-electron chi connectivity index (χ0n) is 13.6. The first-order valence-electron chi connectivity index (χ1n) is 7.92. The topological polar surface area (TPSA) is 51.1 Å². The number of ether oxygens (including phenoxy) is 2. The van der Waals surface area contributed by atoms with Crippen LogP contribution >= 0.6 is 0 Å². The molecule has 1 atom stereocenters. The minimum Gasteiger partial charge on any atom is -0.459 e. The Morgan fingerprint density at radius 1 is 1.08 bits per heavy atom. The number of carbonyl (C=O) groups is 1. The summed E-state index contributed by atoms with van der Waals surface area (Å²) in [5, 5.41) is 6.42. The number of benzene rings is 2. The third-order valence-electron chi connectivity index (χ3n) is 3.87. The lowest BCUT2D eigenvalue weighted by Gasteiger charge is -2.23. The lowest BCUT2D eigenvalue weighted by atomic mass is 10.0. The summed E-state index contributed by atoms with van der Waals surface area (Å²) >= 11 is 0. The Morgan fingerprint density at radius 2 is 1.75 bits per heavy atom. The van der Waals surface area contributed by atoms with Gasteiger partial charge in [-0.3, -0.25) is 5.01 Å². The van der Waals surface area contributed by atoms with Crippen molar-refractivity contribution in [2.45, 2.75) is 12.5 Å². The molecule has 0 fully saturated rings. The standard InChI is InChI=1S/C19H20N2O3/c1-23-12-13-24-19(22)17-14-18(15-8-4-2-5-9-15)21(20-17)16-10-6-3-7-11-16/h2-11,18H,12-14H2,1H3/t18-/m0/s1. The molecule has 0 saturated carbocycles. The molecule has 124 valence electrons. The summed E-state index contributed by atoms with van der Waals surface area (Å²) in [5.41, 5.74) is 2.50. The molecule has 5 nitrogen and oxygen atoms in total. The fourth-order valence-corrected chi connectivity index (χ4v) is 2.69. The maximum absolute atomic E-state index is 12.2. The molecule has 0 aliphatic carbocycles. The number of hydrazone groups is 1. The largest absolute Gasteiger partial charge is 0.459 e. The van der Waals surface area contributed by atoms with Gasteiger partial charge < -0.3 is 9.47 Å². The number of hydrogen-bond acceptors (Lipinski definition) is 5. The first kappa shape index (κ1) is 16.2. The lowest BCUT2D eigenvalue weighted by Crippen LogP contribution is -2.19. The van der Waals surface area contributed by atoms with Gasteiger partial charge in [-0.2, -0.15) is 5.10 Å². The van der Waals surface area contributed by atoms with E-state index in [9.17, 15) is 4.79 Å². The van der Waals surface area contributed by atoms with E-state index in [-0.39, 0.29) is 18.6 Å². The first-order valence-corrected chi connectivity index (χ1v) is 7.92. The molecule has 0 saturated heterocycles. The highest BCUT2D eigenvalue weighted by Gasteiger charge is 2.33. The SMILES string of the molecule is COCCOC(=O)C1=NN(c2ccccc2)[C@H](c2ccccc2)C1. The van der Waals surface area contributed by atoms with Crippen molar-refractivity contribution in [1.82, 2.24) is 0 Å². The molecule has 5 heteroatoms. The Kier molecular flexibility index (Phi) is 5.23. The Labute approximate surface area is 141 Å². The van der Waals surface area contributed by atoms with Gasteiger partial charge in [0.25, 0.3) is 0 Å². The van der Waals surface area contributed by atoms with E-state index in [0.717, 1.165) is 11.3 Å². The fraction of sp³-hybridized carbons (Fsp3) is 0.263. The number of nitrogens with zero attached hydrogens (tertiary/aromatic N) is 2. The summed E-state index contributed by atoms with van der Waals surface area (Å²) in [6.07, 6.45) is 0.519. The summed E-state index contributed by atoms with van der Waals surface area (Å²) in [7, 11) is 1.57. The average Bonchev–Trinajstić information content (AvgIpc) is 3.09. The van der Waals surface area contributed by atoms with Crippen molar-refractivity contribution in [3.8, 4) is 0 Å². The van der Waals surface area contributed by atoms with Gasteiger partial charge in [0, 0.05) is 13.5 Å². The summed E-state index contributed by atoms with van der Waals surface area (Å²) < 4.78 is 10.1. The normalized spacial score (nSPS) is 16.8. The average molecular weight is 324 g/mol. The van der Waals surface area contributed by atoms with E-state index >= 15 is 0 Å². The quantitative estimate of drug-likeness (QED) is 0.605. The summed E-state index contributed by atoms with van der Waals surface area (Å²) in [6.45, 7) is 0.610. The summed E-state index contributed by atoms with van der Waals surface area (Å²) in [6, 6.07) is 19.9. The lowest BCUT2D eigenvalue weighted by molar-refractivity contribution is -0.136. The van der Waals surface area contributed by atoms with Crippen LogP contribution in [0.3, 0.4) is 0 Å². The van der Waals surface area contributed by atoms with Gasteiger partial charge in [-0.1, -0.05) is 48.5 Å². The van der Waals surface area contributed by atoms with Crippen LogP contribution in [-0.2, 0) is 14.3 Å². The highest BCUT2D eigenvalue weighted by atomic mass is 16.6. The number of hydrogen-bond donors (Lipinski definition) is 0. The second kappa shape index (κ2) is 7.75. The molecule has 0 N–H and O–H groups in total. The third kappa shape index (κ3) is 3.63. The molecule has 2 aromatic rings. The second-order valence-electron chi connectivity index (χ2n) is 5.49. The number of methoxy groups -OCH3 is 1. The minimum atomic E-state index is -0.383. The van der Waals surface area contributed by atoms with E-state index in [4.69, 9.17) is 9.47 Å². The van der Waals surface area contributed by atoms with Crippen LogP contribution in [0, 0.1) is 0 Å². The molecule has 1 aliphatic heterocycles. The monoisotopic (exact) mass is 324 g/mol. The summed E-state index contributed by atoms with van der Waals surface area (Å²) in [4.78, 5) is 12.2. The van der Waals surface area contributed by atoms with Crippen LogP contribution in [0.2, 0.25) is 0 Å². The molecule has 0 spiro atoms. The van der Waals surface area contributed by atoms with Gasteiger partial charge in [-0.25, -0.2) is 4.79 Å². The molecule has 0 aromatic heterocycles. The molecule has 0 bridgehead atoms. The van der Waals surface area contributed by atoms with Crippen molar-refractivity contribution in [2.24, 2.45) is 5.10 Å².